The molecule has 20 heavy (non-hydrogen) atoms. The van der Waals surface area contributed by atoms with Gasteiger partial charge in [0.15, 0.2) is 0 Å². The summed E-state index contributed by atoms with van der Waals surface area (Å²) in [5.41, 5.74) is 2.37. The zero-order valence-corrected chi connectivity index (χ0v) is 14.0. The van der Waals surface area contributed by atoms with Crippen molar-refractivity contribution in [2.75, 3.05) is 5.75 Å². The molecule has 0 aliphatic rings. The first-order valence-corrected chi connectivity index (χ1v) is 9.03. The van der Waals surface area contributed by atoms with Crippen molar-refractivity contribution in [3.8, 4) is 11.3 Å². The van der Waals surface area contributed by atoms with E-state index in [-0.39, 0.29) is 0 Å². The van der Waals surface area contributed by atoms with Gasteiger partial charge in [-0.25, -0.2) is 4.98 Å². The molecule has 1 aromatic heterocycles. The first-order valence-electron chi connectivity index (χ1n) is 7.05. The minimum atomic E-state index is 0.495. The van der Waals surface area contributed by atoms with Crippen LogP contribution < -0.4 is 5.32 Å². The van der Waals surface area contributed by atoms with E-state index in [2.05, 4.69) is 56.4 Å². The Morgan fingerprint density at radius 2 is 2.00 bits per heavy atom. The Hall–Kier alpha value is -0.840. The third kappa shape index (κ3) is 4.33. The quantitative estimate of drug-likeness (QED) is 0.811. The van der Waals surface area contributed by atoms with Crippen LogP contribution in [0.25, 0.3) is 11.3 Å². The van der Waals surface area contributed by atoms with Crippen LogP contribution in [-0.4, -0.2) is 16.8 Å². The van der Waals surface area contributed by atoms with Crippen LogP contribution in [0.1, 0.15) is 30.7 Å². The van der Waals surface area contributed by atoms with Gasteiger partial charge in [-0.2, -0.15) is 11.8 Å². The Morgan fingerprint density at radius 3 is 2.65 bits per heavy atom. The van der Waals surface area contributed by atoms with Gasteiger partial charge in [0, 0.05) is 28.8 Å². The van der Waals surface area contributed by atoms with Gasteiger partial charge >= 0.3 is 0 Å². The molecule has 1 aromatic carbocycles. The molecule has 0 amide bonds. The standard InChI is InChI=1S/C16H22N2S2/c1-4-19-11-15-18-16(13-8-6-5-7-9-13)14(20-15)10-17-12(2)3/h5-9,12,17H,4,10-11H2,1-3H3. The smallest absolute Gasteiger partial charge is 0.103 e. The van der Waals surface area contributed by atoms with Crippen LogP contribution in [0.3, 0.4) is 0 Å². The van der Waals surface area contributed by atoms with Gasteiger partial charge in [-0.1, -0.05) is 51.1 Å². The van der Waals surface area contributed by atoms with Crippen molar-refractivity contribution in [2.24, 2.45) is 0 Å². The van der Waals surface area contributed by atoms with Crippen molar-refractivity contribution < 1.29 is 0 Å². The van der Waals surface area contributed by atoms with Crippen LogP contribution in [0, 0.1) is 0 Å². The largest absolute Gasteiger partial charge is 0.310 e. The maximum atomic E-state index is 4.85. The summed E-state index contributed by atoms with van der Waals surface area (Å²) in [7, 11) is 0. The predicted octanol–water partition coefficient (Wildman–Crippen LogP) is 4.56. The highest BCUT2D eigenvalue weighted by molar-refractivity contribution is 7.98. The number of thiazole rings is 1. The van der Waals surface area contributed by atoms with Crippen molar-refractivity contribution in [1.82, 2.24) is 10.3 Å². The molecule has 0 saturated heterocycles. The van der Waals surface area contributed by atoms with Gasteiger partial charge in [-0.3, -0.25) is 0 Å². The molecule has 0 aliphatic carbocycles. The van der Waals surface area contributed by atoms with E-state index in [0.29, 0.717) is 6.04 Å². The van der Waals surface area contributed by atoms with E-state index < -0.39 is 0 Å². The molecular weight excluding hydrogens is 284 g/mol. The highest BCUT2D eigenvalue weighted by Gasteiger charge is 2.13. The molecule has 0 bridgehead atoms. The molecule has 0 atom stereocenters. The maximum Gasteiger partial charge on any atom is 0.103 e. The summed E-state index contributed by atoms with van der Waals surface area (Å²) >= 11 is 3.77. The first-order chi connectivity index (χ1) is 9.70. The number of rotatable bonds is 7. The van der Waals surface area contributed by atoms with Gasteiger partial charge in [-0.05, 0) is 5.75 Å². The molecule has 0 aliphatic heterocycles. The van der Waals surface area contributed by atoms with Gasteiger partial charge in [0.25, 0.3) is 0 Å². The van der Waals surface area contributed by atoms with E-state index >= 15 is 0 Å². The van der Waals surface area contributed by atoms with Gasteiger partial charge in [0.05, 0.1) is 5.69 Å². The first kappa shape index (κ1) is 15.5. The van der Waals surface area contributed by atoms with E-state index in [1.165, 1.54) is 15.4 Å². The summed E-state index contributed by atoms with van der Waals surface area (Å²) in [4.78, 5) is 6.20. The SMILES string of the molecule is CCSCc1nc(-c2ccccc2)c(CNC(C)C)s1. The normalized spacial score (nSPS) is 11.2. The molecule has 0 radical (unpaired) electrons. The van der Waals surface area contributed by atoms with Gasteiger partial charge in [0.2, 0.25) is 0 Å². The Kier molecular flexibility index (Phi) is 6.07. The molecule has 2 nitrogen and oxygen atoms in total. The van der Waals surface area contributed by atoms with Crippen molar-refractivity contribution in [2.45, 2.75) is 39.1 Å². The topological polar surface area (TPSA) is 24.9 Å². The zero-order chi connectivity index (χ0) is 14.4. The average molecular weight is 307 g/mol. The predicted molar refractivity (Wildman–Crippen MR) is 91.4 cm³/mol. The second-order valence-corrected chi connectivity index (χ2v) is 7.36. The van der Waals surface area contributed by atoms with Crippen LogP contribution in [-0.2, 0) is 12.3 Å². The molecule has 0 spiro atoms. The van der Waals surface area contributed by atoms with Crippen LogP contribution in [0.5, 0.6) is 0 Å². The Balaban J connectivity index is 2.24. The molecule has 2 aromatic rings. The molecule has 108 valence electrons. The highest BCUT2D eigenvalue weighted by atomic mass is 32.2. The average Bonchev–Trinajstić information content (AvgIpc) is 2.87. The highest BCUT2D eigenvalue weighted by Crippen LogP contribution is 2.30. The van der Waals surface area contributed by atoms with Crippen LogP contribution >= 0.6 is 23.1 Å². The van der Waals surface area contributed by atoms with Gasteiger partial charge < -0.3 is 5.32 Å². The van der Waals surface area contributed by atoms with Crippen molar-refractivity contribution in [3.63, 3.8) is 0 Å². The number of aromatic nitrogens is 1. The fraction of sp³-hybridized carbons (Fsp3) is 0.438. The lowest BCUT2D eigenvalue weighted by molar-refractivity contribution is 0.593. The van der Waals surface area contributed by atoms with Gasteiger partial charge in [-0.15, -0.1) is 11.3 Å². The maximum absolute atomic E-state index is 4.85. The fourth-order valence-electron chi connectivity index (χ4n) is 1.89. The number of benzene rings is 1. The molecule has 1 heterocycles. The molecule has 1 N–H and O–H groups in total. The minimum Gasteiger partial charge on any atom is -0.310 e. The monoisotopic (exact) mass is 306 g/mol. The van der Waals surface area contributed by atoms with Crippen molar-refractivity contribution in [3.05, 3.63) is 40.2 Å². The van der Waals surface area contributed by atoms with Crippen LogP contribution in [0.4, 0.5) is 0 Å². The lowest BCUT2D eigenvalue weighted by atomic mass is 10.1. The van der Waals surface area contributed by atoms with Crippen LogP contribution in [0.2, 0.25) is 0 Å². The van der Waals surface area contributed by atoms with E-state index in [4.69, 9.17) is 4.98 Å². The Morgan fingerprint density at radius 1 is 1.25 bits per heavy atom. The number of nitrogens with one attached hydrogen (secondary N) is 1. The summed E-state index contributed by atoms with van der Waals surface area (Å²) in [6.45, 7) is 7.45. The van der Waals surface area contributed by atoms with E-state index in [9.17, 15) is 0 Å². The van der Waals surface area contributed by atoms with E-state index in [0.717, 1.165) is 23.7 Å². The Bertz CT molecular complexity index is 521. The number of hydrogen-bond donors (Lipinski definition) is 1. The fourth-order valence-corrected chi connectivity index (χ4v) is 3.66. The summed E-state index contributed by atoms with van der Waals surface area (Å²) in [5.74, 6) is 2.16. The van der Waals surface area contributed by atoms with Crippen LogP contribution in [0.15, 0.2) is 30.3 Å². The lowest BCUT2D eigenvalue weighted by Crippen LogP contribution is -2.21. The third-order valence-electron chi connectivity index (χ3n) is 2.89. The lowest BCUT2D eigenvalue weighted by Gasteiger charge is -2.07. The van der Waals surface area contributed by atoms with Crippen molar-refractivity contribution >= 4 is 23.1 Å². The minimum absolute atomic E-state index is 0.495. The molecule has 2 rings (SSSR count). The summed E-state index contributed by atoms with van der Waals surface area (Å²) in [6, 6.07) is 11.0. The molecule has 0 fully saturated rings. The van der Waals surface area contributed by atoms with Gasteiger partial charge in [0.1, 0.15) is 5.01 Å². The number of nitrogens with zero attached hydrogens (tertiary/aromatic N) is 1. The summed E-state index contributed by atoms with van der Waals surface area (Å²) in [6.07, 6.45) is 0. The number of thioether (sulfide) groups is 1. The van der Waals surface area contributed by atoms with Crippen molar-refractivity contribution in [1.29, 1.82) is 0 Å². The molecule has 4 heteroatoms. The Labute approximate surface area is 130 Å². The zero-order valence-electron chi connectivity index (χ0n) is 12.3. The second kappa shape index (κ2) is 7.81. The van der Waals surface area contributed by atoms with E-state index in [1.54, 1.807) is 0 Å². The summed E-state index contributed by atoms with van der Waals surface area (Å²) in [5, 5.41) is 4.74. The number of hydrogen-bond acceptors (Lipinski definition) is 4. The second-order valence-electron chi connectivity index (χ2n) is 4.92. The van der Waals surface area contributed by atoms with E-state index in [1.807, 2.05) is 23.1 Å². The molecule has 0 unspecified atom stereocenters. The molecular formula is C16H22N2S2. The summed E-state index contributed by atoms with van der Waals surface area (Å²) < 4.78 is 0. The third-order valence-corrected chi connectivity index (χ3v) is 5.01. The molecule has 0 saturated carbocycles.